The van der Waals surface area contributed by atoms with Gasteiger partial charge < -0.3 is 15.2 Å². The third-order valence-corrected chi connectivity index (χ3v) is 5.32. The van der Waals surface area contributed by atoms with E-state index in [4.69, 9.17) is 16.3 Å². The Labute approximate surface area is 140 Å². The number of nitrogens with one attached hydrogen (secondary N) is 1. The molecule has 3 rings (SSSR count). The maximum Gasteiger partial charge on any atom is 0.310 e. The highest BCUT2D eigenvalue weighted by molar-refractivity contribution is 9.10. The SMILES string of the molecule is C[C@@]12C=C[C@@H](O1)[C@@H](C(=O)O)[C@@H]2C(=O)Nc1ccc(Br)c(Cl)c1. The Hall–Kier alpha value is -1.37. The van der Waals surface area contributed by atoms with Crippen molar-refractivity contribution in [3.8, 4) is 0 Å². The first-order chi connectivity index (χ1) is 10.3. The smallest absolute Gasteiger partial charge is 0.310 e. The van der Waals surface area contributed by atoms with Gasteiger partial charge in [-0.1, -0.05) is 23.8 Å². The first-order valence-electron chi connectivity index (χ1n) is 6.68. The molecule has 0 spiro atoms. The zero-order valence-electron chi connectivity index (χ0n) is 11.5. The molecule has 2 N–H and O–H groups in total. The molecule has 0 unspecified atom stereocenters. The second-order valence-corrected chi connectivity index (χ2v) is 6.85. The maximum absolute atomic E-state index is 12.6. The highest BCUT2D eigenvalue weighted by Gasteiger charge is 2.59. The average molecular weight is 387 g/mol. The fourth-order valence-electron chi connectivity index (χ4n) is 3.07. The molecule has 0 aromatic heterocycles. The van der Waals surface area contributed by atoms with Crippen LogP contribution in [0.2, 0.25) is 5.02 Å². The van der Waals surface area contributed by atoms with Crippen molar-refractivity contribution in [3.05, 3.63) is 39.8 Å². The molecule has 0 saturated carbocycles. The van der Waals surface area contributed by atoms with Crippen molar-refractivity contribution < 1.29 is 19.4 Å². The molecule has 1 saturated heterocycles. The van der Waals surface area contributed by atoms with Gasteiger partial charge in [-0.05, 0) is 41.1 Å². The molecule has 22 heavy (non-hydrogen) atoms. The average Bonchev–Trinajstić information content (AvgIpc) is 2.95. The third kappa shape index (κ3) is 2.45. The quantitative estimate of drug-likeness (QED) is 0.783. The Kier molecular flexibility index (Phi) is 3.79. The number of halogens is 2. The van der Waals surface area contributed by atoms with E-state index in [9.17, 15) is 14.7 Å². The van der Waals surface area contributed by atoms with Crippen LogP contribution in [0.1, 0.15) is 6.92 Å². The van der Waals surface area contributed by atoms with Crippen LogP contribution in [0.15, 0.2) is 34.8 Å². The summed E-state index contributed by atoms with van der Waals surface area (Å²) in [4.78, 5) is 24.1. The number of carboxylic acids is 1. The molecular formula is C15H13BrClNO4. The summed E-state index contributed by atoms with van der Waals surface area (Å²) in [5.74, 6) is -3.10. The molecule has 5 nitrogen and oxygen atoms in total. The van der Waals surface area contributed by atoms with Crippen LogP contribution in [0.5, 0.6) is 0 Å². The van der Waals surface area contributed by atoms with Gasteiger partial charge in [0.15, 0.2) is 0 Å². The monoisotopic (exact) mass is 385 g/mol. The first-order valence-corrected chi connectivity index (χ1v) is 7.85. The summed E-state index contributed by atoms with van der Waals surface area (Å²) in [6, 6.07) is 5.01. The van der Waals surface area contributed by atoms with Crippen molar-refractivity contribution >= 4 is 45.1 Å². The molecule has 1 aromatic carbocycles. The number of carboxylic acid groups (broad SMARTS) is 1. The lowest BCUT2D eigenvalue weighted by Gasteiger charge is -2.27. The van der Waals surface area contributed by atoms with Gasteiger partial charge >= 0.3 is 5.97 Å². The fourth-order valence-corrected chi connectivity index (χ4v) is 3.50. The van der Waals surface area contributed by atoms with Crippen molar-refractivity contribution in [3.63, 3.8) is 0 Å². The third-order valence-electron chi connectivity index (χ3n) is 4.09. The largest absolute Gasteiger partial charge is 0.481 e. The molecule has 0 radical (unpaired) electrons. The lowest BCUT2D eigenvalue weighted by Crippen LogP contribution is -2.44. The molecule has 2 aliphatic heterocycles. The van der Waals surface area contributed by atoms with Gasteiger partial charge in [-0.25, -0.2) is 0 Å². The first kappa shape index (κ1) is 15.5. The minimum Gasteiger partial charge on any atom is -0.481 e. The molecule has 2 bridgehead atoms. The van der Waals surface area contributed by atoms with Crippen LogP contribution in [-0.2, 0) is 14.3 Å². The number of hydrogen-bond acceptors (Lipinski definition) is 3. The fraction of sp³-hybridized carbons (Fsp3) is 0.333. The molecule has 2 heterocycles. The standard InChI is InChI=1S/C15H13BrClNO4/c1-15-5-4-10(22-15)11(14(20)21)12(15)13(19)18-7-2-3-8(16)9(17)6-7/h2-6,10-12H,1H3,(H,18,19)(H,20,21)/t10-,11-,12-,15+/m1/s1. The maximum atomic E-state index is 12.6. The molecule has 1 amide bonds. The molecule has 7 heteroatoms. The van der Waals surface area contributed by atoms with Gasteiger partial charge in [-0.3, -0.25) is 9.59 Å². The molecule has 2 aliphatic rings. The molecule has 116 valence electrons. The van der Waals surface area contributed by atoms with Crippen LogP contribution in [0.4, 0.5) is 5.69 Å². The topological polar surface area (TPSA) is 75.6 Å². The number of hydrogen-bond donors (Lipinski definition) is 2. The van der Waals surface area contributed by atoms with E-state index in [0.29, 0.717) is 15.2 Å². The Morgan fingerprint density at radius 3 is 2.82 bits per heavy atom. The number of anilines is 1. The predicted octanol–water partition coefficient (Wildman–Crippen LogP) is 3.09. The van der Waals surface area contributed by atoms with Crippen LogP contribution in [0, 0.1) is 11.8 Å². The van der Waals surface area contributed by atoms with Crippen molar-refractivity contribution in [2.24, 2.45) is 11.8 Å². The highest BCUT2D eigenvalue weighted by atomic mass is 79.9. The highest BCUT2D eigenvalue weighted by Crippen LogP contribution is 2.47. The van der Waals surface area contributed by atoms with E-state index in [0.717, 1.165) is 0 Å². The summed E-state index contributed by atoms with van der Waals surface area (Å²) in [6.45, 7) is 1.73. The summed E-state index contributed by atoms with van der Waals surface area (Å²) in [5.41, 5.74) is -0.380. The van der Waals surface area contributed by atoms with Gasteiger partial charge in [-0.2, -0.15) is 0 Å². The number of benzene rings is 1. The van der Waals surface area contributed by atoms with Gasteiger partial charge in [-0.15, -0.1) is 0 Å². The van der Waals surface area contributed by atoms with E-state index in [1.807, 2.05) is 0 Å². The van der Waals surface area contributed by atoms with Crippen LogP contribution >= 0.6 is 27.5 Å². The van der Waals surface area contributed by atoms with E-state index < -0.39 is 29.5 Å². The van der Waals surface area contributed by atoms with E-state index in [1.165, 1.54) is 0 Å². The number of carbonyl (C=O) groups is 2. The van der Waals surface area contributed by atoms with Gasteiger partial charge in [0.1, 0.15) is 5.92 Å². The number of fused-ring (bicyclic) bond motifs is 2. The molecular weight excluding hydrogens is 374 g/mol. The Morgan fingerprint density at radius 1 is 1.45 bits per heavy atom. The molecule has 0 aliphatic carbocycles. The van der Waals surface area contributed by atoms with Crippen LogP contribution in [0.25, 0.3) is 0 Å². The van der Waals surface area contributed by atoms with Crippen molar-refractivity contribution in [1.82, 2.24) is 0 Å². The molecule has 4 atom stereocenters. The number of ether oxygens (including phenoxy) is 1. The Morgan fingerprint density at radius 2 is 2.18 bits per heavy atom. The van der Waals surface area contributed by atoms with Crippen molar-refractivity contribution in [2.45, 2.75) is 18.6 Å². The molecule has 1 fully saturated rings. The van der Waals surface area contributed by atoms with Crippen LogP contribution in [0.3, 0.4) is 0 Å². The lowest BCUT2D eigenvalue weighted by atomic mass is 9.75. The zero-order valence-corrected chi connectivity index (χ0v) is 13.9. The Bertz CT molecular complexity index is 692. The summed E-state index contributed by atoms with van der Waals surface area (Å²) in [5, 5.41) is 12.6. The summed E-state index contributed by atoms with van der Waals surface area (Å²) in [7, 11) is 0. The van der Waals surface area contributed by atoms with E-state index >= 15 is 0 Å². The number of carbonyl (C=O) groups excluding carboxylic acids is 1. The summed E-state index contributed by atoms with van der Waals surface area (Å²) < 4.78 is 6.38. The van der Waals surface area contributed by atoms with Crippen LogP contribution < -0.4 is 5.32 Å². The normalized spacial score (nSPS) is 32.2. The second kappa shape index (κ2) is 5.37. The van der Waals surface area contributed by atoms with E-state index in [-0.39, 0.29) is 5.91 Å². The minimum atomic E-state index is -1.04. The molecule has 1 aromatic rings. The van der Waals surface area contributed by atoms with Crippen molar-refractivity contribution in [2.75, 3.05) is 5.32 Å². The number of aliphatic carboxylic acids is 1. The zero-order chi connectivity index (χ0) is 16.1. The number of amides is 1. The van der Waals surface area contributed by atoms with Crippen LogP contribution in [-0.4, -0.2) is 28.7 Å². The second-order valence-electron chi connectivity index (χ2n) is 5.59. The number of rotatable bonds is 3. The summed E-state index contributed by atoms with van der Waals surface area (Å²) in [6.07, 6.45) is 2.90. The predicted molar refractivity (Wildman–Crippen MR) is 84.8 cm³/mol. The summed E-state index contributed by atoms with van der Waals surface area (Å²) >= 11 is 9.27. The van der Waals surface area contributed by atoms with Crippen molar-refractivity contribution in [1.29, 1.82) is 0 Å². The van der Waals surface area contributed by atoms with Gasteiger partial charge in [0, 0.05) is 10.2 Å². The lowest BCUT2D eigenvalue weighted by molar-refractivity contribution is -0.146. The van der Waals surface area contributed by atoms with E-state index in [2.05, 4.69) is 21.2 Å². The van der Waals surface area contributed by atoms with Gasteiger partial charge in [0.05, 0.1) is 22.6 Å². The van der Waals surface area contributed by atoms with Gasteiger partial charge in [0.25, 0.3) is 0 Å². The van der Waals surface area contributed by atoms with E-state index in [1.54, 1.807) is 37.3 Å². The Balaban J connectivity index is 1.86. The minimum absolute atomic E-state index is 0.389. The van der Waals surface area contributed by atoms with Gasteiger partial charge in [0.2, 0.25) is 5.91 Å².